The van der Waals surface area contributed by atoms with Crippen molar-refractivity contribution in [3.05, 3.63) is 70.3 Å². The molecular formula is C19H19FN6O2. The Hall–Kier alpha value is -3.33. The minimum Gasteiger partial charge on any atom is -0.354 e. The third kappa shape index (κ3) is 3.84. The highest BCUT2D eigenvalue weighted by atomic mass is 19.1. The summed E-state index contributed by atoms with van der Waals surface area (Å²) >= 11 is 0. The van der Waals surface area contributed by atoms with E-state index in [-0.39, 0.29) is 11.5 Å². The molecule has 0 radical (unpaired) electrons. The molecule has 28 heavy (non-hydrogen) atoms. The van der Waals surface area contributed by atoms with Crippen LogP contribution in [0.4, 0.5) is 15.9 Å². The number of piperazine rings is 1. The van der Waals surface area contributed by atoms with Gasteiger partial charge in [0.15, 0.2) is 0 Å². The molecule has 1 aliphatic rings. The number of anilines is 1. The molecule has 0 aliphatic carbocycles. The largest absolute Gasteiger partial charge is 0.354 e. The first-order valence-electron chi connectivity index (χ1n) is 8.96. The maximum Gasteiger partial charge on any atom is 0.287 e. The van der Waals surface area contributed by atoms with Crippen molar-refractivity contribution in [1.29, 1.82) is 0 Å². The number of rotatable bonds is 5. The first-order chi connectivity index (χ1) is 13.6. The molecule has 0 saturated carbocycles. The molecule has 0 atom stereocenters. The van der Waals surface area contributed by atoms with Crippen LogP contribution in [0, 0.1) is 15.9 Å². The molecule has 0 spiro atoms. The Morgan fingerprint density at radius 2 is 1.82 bits per heavy atom. The first kappa shape index (κ1) is 18.1. The Morgan fingerprint density at radius 3 is 2.46 bits per heavy atom. The van der Waals surface area contributed by atoms with E-state index in [9.17, 15) is 14.5 Å². The highest BCUT2D eigenvalue weighted by Gasteiger charge is 2.20. The van der Waals surface area contributed by atoms with Gasteiger partial charge in [-0.2, -0.15) is 5.10 Å². The minimum atomic E-state index is -0.446. The summed E-state index contributed by atoms with van der Waals surface area (Å²) in [5.41, 5.74) is 2.87. The molecule has 2 aromatic heterocycles. The van der Waals surface area contributed by atoms with Crippen LogP contribution in [0.15, 0.2) is 48.8 Å². The summed E-state index contributed by atoms with van der Waals surface area (Å²) in [6.45, 7) is 3.99. The van der Waals surface area contributed by atoms with E-state index in [1.165, 1.54) is 24.4 Å². The Morgan fingerprint density at radius 1 is 1.07 bits per heavy atom. The number of aromatic nitrogens is 3. The third-order valence-corrected chi connectivity index (χ3v) is 4.88. The van der Waals surface area contributed by atoms with E-state index >= 15 is 0 Å². The van der Waals surface area contributed by atoms with Crippen LogP contribution in [0.3, 0.4) is 0 Å². The average molecular weight is 382 g/mol. The number of pyridine rings is 1. The van der Waals surface area contributed by atoms with Gasteiger partial charge in [0.25, 0.3) is 5.69 Å². The quantitative estimate of drug-likeness (QED) is 0.539. The molecule has 1 fully saturated rings. The van der Waals surface area contributed by atoms with Gasteiger partial charge >= 0.3 is 0 Å². The topological polar surface area (TPSA) is 91.2 Å². The molecule has 8 nitrogen and oxygen atoms in total. The average Bonchev–Trinajstić information content (AvgIpc) is 3.17. The van der Waals surface area contributed by atoms with E-state index in [0.29, 0.717) is 0 Å². The van der Waals surface area contributed by atoms with Gasteiger partial charge in [-0.3, -0.25) is 20.1 Å². The fraction of sp³-hybridized carbons (Fsp3) is 0.263. The summed E-state index contributed by atoms with van der Waals surface area (Å²) in [6, 6.07) is 9.53. The van der Waals surface area contributed by atoms with Gasteiger partial charge in [0.2, 0.25) is 0 Å². The van der Waals surface area contributed by atoms with Crippen molar-refractivity contribution >= 4 is 11.5 Å². The number of H-pyrrole nitrogens is 1. The lowest BCUT2D eigenvalue weighted by atomic mass is 10.1. The molecule has 0 unspecified atom stereocenters. The van der Waals surface area contributed by atoms with Gasteiger partial charge in [-0.25, -0.2) is 9.37 Å². The van der Waals surface area contributed by atoms with Crippen LogP contribution < -0.4 is 4.90 Å². The molecule has 3 aromatic rings. The molecule has 1 saturated heterocycles. The normalized spacial score (nSPS) is 15.0. The Kier molecular flexibility index (Phi) is 4.98. The number of halogens is 1. The molecule has 144 valence electrons. The Bertz CT molecular complexity index is 949. The summed E-state index contributed by atoms with van der Waals surface area (Å²) in [7, 11) is 0. The Labute approximate surface area is 160 Å². The zero-order chi connectivity index (χ0) is 19.5. The monoisotopic (exact) mass is 382 g/mol. The molecule has 1 aromatic carbocycles. The van der Waals surface area contributed by atoms with Gasteiger partial charge in [-0.1, -0.05) is 0 Å². The second kappa shape index (κ2) is 7.73. The predicted molar refractivity (Wildman–Crippen MR) is 102 cm³/mol. The lowest BCUT2D eigenvalue weighted by Crippen LogP contribution is -2.46. The predicted octanol–water partition coefficient (Wildman–Crippen LogP) is 2.84. The van der Waals surface area contributed by atoms with Crippen LogP contribution in [0.5, 0.6) is 0 Å². The number of benzene rings is 1. The van der Waals surface area contributed by atoms with Crippen LogP contribution >= 0.6 is 0 Å². The number of hydrogen-bond acceptors (Lipinski definition) is 6. The van der Waals surface area contributed by atoms with Crippen molar-refractivity contribution < 1.29 is 9.31 Å². The highest BCUT2D eigenvalue weighted by molar-refractivity contribution is 5.62. The van der Waals surface area contributed by atoms with Gasteiger partial charge in [-0.15, -0.1) is 0 Å². The second-order valence-corrected chi connectivity index (χ2v) is 6.67. The van der Waals surface area contributed by atoms with Crippen LogP contribution in [-0.4, -0.2) is 51.2 Å². The maximum absolute atomic E-state index is 13.2. The van der Waals surface area contributed by atoms with Crippen LogP contribution in [-0.2, 0) is 6.54 Å². The van der Waals surface area contributed by atoms with Gasteiger partial charge in [0, 0.05) is 49.9 Å². The van der Waals surface area contributed by atoms with Crippen molar-refractivity contribution in [2.75, 3.05) is 31.1 Å². The van der Waals surface area contributed by atoms with Crippen LogP contribution in [0.25, 0.3) is 11.3 Å². The molecule has 1 N–H and O–H groups in total. The molecule has 0 amide bonds. The van der Waals surface area contributed by atoms with E-state index in [4.69, 9.17) is 0 Å². The molecule has 9 heteroatoms. The third-order valence-electron chi connectivity index (χ3n) is 4.88. The SMILES string of the molecule is O=[N+]([O-])c1ccc(N2CCN(Cc3cn[nH]c3-c3ccc(F)cc3)CC2)nc1. The summed E-state index contributed by atoms with van der Waals surface area (Å²) in [5, 5.41) is 17.9. The van der Waals surface area contributed by atoms with Crippen molar-refractivity contribution in [2.45, 2.75) is 6.54 Å². The number of nitrogens with one attached hydrogen (secondary N) is 1. The molecule has 4 rings (SSSR count). The van der Waals surface area contributed by atoms with E-state index in [1.54, 1.807) is 18.2 Å². The van der Waals surface area contributed by atoms with Gasteiger partial charge in [-0.05, 0) is 30.3 Å². The zero-order valence-corrected chi connectivity index (χ0v) is 15.1. The van der Waals surface area contributed by atoms with Gasteiger partial charge in [0.05, 0.1) is 16.8 Å². The summed E-state index contributed by atoms with van der Waals surface area (Å²) < 4.78 is 13.2. The van der Waals surface area contributed by atoms with Gasteiger partial charge in [0.1, 0.15) is 17.8 Å². The number of aromatic amines is 1. The molecular weight excluding hydrogens is 363 g/mol. The summed E-state index contributed by atoms with van der Waals surface area (Å²) in [4.78, 5) is 18.9. The summed E-state index contributed by atoms with van der Waals surface area (Å²) in [6.07, 6.45) is 3.10. The number of hydrogen-bond donors (Lipinski definition) is 1. The van der Waals surface area contributed by atoms with Crippen molar-refractivity contribution in [2.24, 2.45) is 0 Å². The fourth-order valence-electron chi connectivity index (χ4n) is 3.35. The smallest absolute Gasteiger partial charge is 0.287 e. The van der Waals surface area contributed by atoms with Crippen LogP contribution in [0.2, 0.25) is 0 Å². The van der Waals surface area contributed by atoms with Gasteiger partial charge < -0.3 is 4.90 Å². The Balaban J connectivity index is 1.38. The second-order valence-electron chi connectivity index (χ2n) is 6.67. The van der Waals surface area contributed by atoms with Crippen LogP contribution in [0.1, 0.15) is 5.56 Å². The molecule has 0 bridgehead atoms. The zero-order valence-electron chi connectivity index (χ0n) is 15.1. The van der Waals surface area contributed by atoms with E-state index in [2.05, 4.69) is 25.0 Å². The minimum absolute atomic E-state index is 0.00401. The van der Waals surface area contributed by atoms with E-state index < -0.39 is 4.92 Å². The maximum atomic E-state index is 13.2. The lowest BCUT2D eigenvalue weighted by molar-refractivity contribution is -0.385. The number of nitrogens with zero attached hydrogens (tertiary/aromatic N) is 5. The van der Waals surface area contributed by atoms with Crippen molar-refractivity contribution in [3.8, 4) is 11.3 Å². The first-order valence-corrected chi connectivity index (χ1v) is 8.96. The van der Waals surface area contributed by atoms with Crippen molar-refractivity contribution in [1.82, 2.24) is 20.1 Å². The lowest BCUT2D eigenvalue weighted by Gasteiger charge is -2.35. The van der Waals surface area contributed by atoms with Crippen molar-refractivity contribution in [3.63, 3.8) is 0 Å². The standard InChI is InChI=1S/C19H19FN6O2/c20-16-3-1-14(2-4-16)19-15(11-22-23-19)13-24-7-9-25(10-8-24)18-6-5-17(12-21-18)26(27)28/h1-6,11-12H,7-10,13H2,(H,22,23). The summed E-state index contributed by atoms with van der Waals surface area (Å²) in [5.74, 6) is 0.487. The number of nitro groups is 1. The molecule has 3 heterocycles. The fourth-order valence-corrected chi connectivity index (χ4v) is 3.35. The van der Waals surface area contributed by atoms with E-state index in [1.807, 2.05) is 6.20 Å². The molecule has 1 aliphatic heterocycles. The highest BCUT2D eigenvalue weighted by Crippen LogP contribution is 2.24. The van der Waals surface area contributed by atoms with E-state index in [0.717, 1.165) is 55.4 Å².